The molecule has 0 saturated heterocycles. The van der Waals surface area contributed by atoms with Crippen molar-refractivity contribution in [1.82, 2.24) is 19.1 Å². The van der Waals surface area contributed by atoms with E-state index in [1.807, 2.05) is 23.5 Å². The van der Waals surface area contributed by atoms with E-state index in [0.717, 1.165) is 39.2 Å². The molecule has 238 valence electrons. The van der Waals surface area contributed by atoms with Gasteiger partial charge in [0.25, 0.3) is 0 Å². The third-order valence-corrected chi connectivity index (χ3v) is 11.3. The summed E-state index contributed by atoms with van der Waals surface area (Å²) in [7, 11) is 0. The van der Waals surface area contributed by atoms with Gasteiger partial charge in [0.1, 0.15) is 0 Å². The van der Waals surface area contributed by atoms with Gasteiger partial charge in [-0.3, -0.25) is 4.57 Å². The summed E-state index contributed by atoms with van der Waals surface area (Å²) in [5.41, 5.74) is 9.66. The molecule has 0 unspecified atom stereocenters. The van der Waals surface area contributed by atoms with E-state index in [1.54, 1.807) is 0 Å². The molecular formula is C46H28N4S. The maximum atomic E-state index is 5.35. The predicted molar refractivity (Wildman–Crippen MR) is 214 cm³/mol. The second-order valence-corrected chi connectivity index (χ2v) is 14.1. The second-order valence-electron chi connectivity index (χ2n) is 13.0. The fourth-order valence-electron chi connectivity index (χ4n) is 7.97. The quantitative estimate of drug-likeness (QED) is 0.187. The maximum absolute atomic E-state index is 5.35. The van der Waals surface area contributed by atoms with Crippen molar-refractivity contribution in [3.8, 4) is 34.2 Å². The molecule has 0 radical (unpaired) electrons. The van der Waals surface area contributed by atoms with Crippen LogP contribution in [0.2, 0.25) is 0 Å². The van der Waals surface area contributed by atoms with Crippen molar-refractivity contribution in [1.29, 1.82) is 0 Å². The van der Waals surface area contributed by atoms with Crippen LogP contribution in [0.4, 0.5) is 0 Å². The number of thiophene rings is 1. The van der Waals surface area contributed by atoms with E-state index in [1.165, 1.54) is 52.8 Å². The molecule has 5 heteroatoms. The Morgan fingerprint density at radius 3 is 1.63 bits per heavy atom. The molecule has 0 N–H and O–H groups in total. The summed E-state index contributed by atoms with van der Waals surface area (Å²) < 4.78 is 7.23. The van der Waals surface area contributed by atoms with Crippen LogP contribution in [0.3, 0.4) is 0 Å². The number of nitrogens with zero attached hydrogens (tertiary/aromatic N) is 4. The third-order valence-electron chi connectivity index (χ3n) is 10.1. The topological polar surface area (TPSA) is 35.6 Å². The van der Waals surface area contributed by atoms with E-state index in [2.05, 4.69) is 167 Å². The van der Waals surface area contributed by atoms with Crippen LogP contribution in [0.5, 0.6) is 0 Å². The summed E-state index contributed by atoms with van der Waals surface area (Å²) in [6, 6.07) is 60.3. The molecule has 0 atom stereocenters. The molecule has 0 amide bonds. The van der Waals surface area contributed by atoms with Crippen LogP contribution in [-0.4, -0.2) is 19.1 Å². The molecule has 0 aliphatic rings. The van der Waals surface area contributed by atoms with E-state index in [4.69, 9.17) is 9.97 Å². The van der Waals surface area contributed by atoms with E-state index >= 15 is 0 Å². The summed E-state index contributed by atoms with van der Waals surface area (Å²) in [5, 5.41) is 7.40. The number of fused-ring (bicyclic) bond motifs is 11. The number of aromatic nitrogens is 4. The smallest absolute Gasteiger partial charge is 0.235 e. The zero-order valence-corrected chi connectivity index (χ0v) is 28.2. The first kappa shape index (κ1) is 28.3. The van der Waals surface area contributed by atoms with Gasteiger partial charge < -0.3 is 4.57 Å². The van der Waals surface area contributed by atoms with E-state index in [0.29, 0.717) is 5.95 Å². The third kappa shape index (κ3) is 4.19. The Morgan fingerprint density at radius 2 is 0.941 bits per heavy atom. The van der Waals surface area contributed by atoms with Gasteiger partial charge in [-0.2, -0.15) is 0 Å². The number of rotatable bonds is 4. The lowest BCUT2D eigenvalue weighted by Gasteiger charge is -2.12. The van der Waals surface area contributed by atoms with Crippen molar-refractivity contribution in [2.75, 3.05) is 0 Å². The Hall–Kier alpha value is -6.56. The van der Waals surface area contributed by atoms with Gasteiger partial charge >= 0.3 is 0 Å². The summed E-state index contributed by atoms with van der Waals surface area (Å²) in [6.45, 7) is 0. The fraction of sp³-hybridized carbons (Fsp3) is 0. The summed E-state index contributed by atoms with van der Waals surface area (Å²) >= 11 is 1.86. The molecule has 7 aromatic carbocycles. The Bertz CT molecular complexity index is 3060. The zero-order chi connectivity index (χ0) is 33.5. The number of para-hydroxylation sites is 3. The molecule has 0 fully saturated rings. The van der Waals surface area contributed by atoms with Gasteiger partial charge in [-0.1, -0.05) is 121 Å². The largest absolute Gasteiger partial charge is 0.309 e. The molecular weight excluding hydrogens is 641 g/mol. The van der Waals surface area contributed by atoms with E-state index in [-0.39, 0.29) is 0 Å². The minimum absolute atomic E-state index is 0.659. The fourth-order valence-corrected chi connectivity index (χ4v) is 9.09. The first-order chi connectivity index (χ1) is 25.3. The van der Waals surface area contributed by atoms with Crippen LogP contribution in [0.15, 0.2) is 170 Å². The van der Waals surface area contributed by atoms with Crippen molar-refractivity contribution >= 4 is 75.1 Å². The number of hydrogen-bond acceptors (Lipinski definition) is 3. The molecule has 0 aliphatic carbocycles. The van der Waals surface area contributed by atoms with Gasteiger partial charge in [-0.15, -0.1) is 11.3 Å². The molecule has 4 aromatic heterocycles. The minimum atomic E-state index is 0.659. The zero-order valence-electron chi connectivity index (χ0n) is 27.4. The lowest BCUT2D eigenvalue weighted by atomic mass is 10.0. The van der Waals surface area contributed by atoms with Gasteiger partial charge in [-0.25, -0.2) is 9.97 Å². The highest BCUT2D eigenvalue weighted by atomic mass is 32.1. The molecule has 0 spiro atoms. The average molecular weight is 669 g/mol. The highest BCUT2D eigenvalue weighted by Crippen LogP contribution is 2.47. The molecule has 11 aromatic rings. The van der Waals surface area contributed by atoms with Gasteiger partial charge in [0.15, 0.2) is 0 Å². The first-order valence-corrected chi connectivity index (χ1v) is 18.0. The Labute approximate surface area is 297 Å². The number of hydrogen-bond donors (Lipinski definition) is 0. The standard InChI is InChI=1S/C46H28N4S/c1-4-14-29(15-5-1)35-28-36(30-16-6-2-7-17-30)48-46(47-35)50-37-22-12-10-20-32(37)33-24-26-41-44(45(33)50)43-40(51-41)27-25-39-42(43)34-21-11-13-23-38(34)49(39)31-18-8-3-9-19-31/h1-28H. The van der Waals surface area contributed by atoms with Crippen LogP contribution in [0, 0.1) is 0 Å². The van der Waals surface area contributed by atoms with Crippen molar-refractivity contribution in [2.24, 2.45) is 0 Å². The highest BCUT2D eigenvalue weighted by molar-refractivity contribution is 7.26. The monoisotopic (exact) mass is 668 g/mol. The summed E-state index contributed by atoms with van der Waals surface area (Å²) in [6.07, 6.45) is 0. The van der Waals surface area contributed by atoms with E-state index in [9.17, 15) is 0 Å². The summed E-state index contributed by atoms with van der Waals surface area (Å²) in [5.74, 6) is 0.659. The van der Waals surface area contributed by atoms with Crippen LogP contribution in [-0.2, 0) is 0 Å². The van der Waals surface area contributed by atoms with Crippen molar-refractivity contribution < 1.29 is 0 Å². The Balaban J connectivity index is 1.33. The van der Waals surface area contributed by atoms with E-state index < -0.39 is 0 Å². The van der Waals surface area contributed by atoms with Crippen molar-refractivity contribution in [2.45, 2.75) is 0 Å². The molecule has 11 rings (SSSR count). The van der Waals surface area contributed by atoms with Crippen LogP contribution >= 0.6 is 11.3 Å². The molecule has 4 heterocycles. The molecule has 0 bridgehead atoms. The van der Waals surface area contributed by atoms with Gasteiger partial charge in [0.05, 0.1) is 33.5 Å². The van der Waals surface area contributed by atoms with Crippen LogP contribution in [0.1, 0.15) is 0 Å². The van der Waals surface area contributed by atoms with Crippen molar-refractivity contribution in [3.63, 3.8) is 0 Å². The summed E-state index contributed by atoms with van der Waals surface area (Å²) in [4.78, 5) is 10.7. The predicted octanol–water partition coefficient (Wildman–Crippen LogP) is 12.4. The lowest BCUT2D eigenvalue weighted by molar-refractivity contribution is 0.998. The SMILES string of the molecule is c1ccc(-c2cc(-c3ccccc3)nc(-n3c4ccccc4c4ccc5sc6ccc7c(c8ccccc8n7-c7ccccc7)c6c5c43)n2)cc1. The molecule has 0 saturated carbocycles. The second kappa shape index (κ2) is 11.0. The molecule has 0 aliphatic heterocycles. The van der Waals surface area contributed by atoms with Gasteiger partial charge in [0.2, 0.25) is 5.95 Å². The highest BCUT2D eigenvalue weighted by Gasteiger charge is 2.23. The minimum Gasteiger partial charge on any atom is -0.309 e. The Kier molecular flexibility index (Phi) is 6.09. The average Bonchev–Trinajstić information content (AvgIpc) is 3.86. The normalized spacial score (nSPS) is 11.9. The van der Waals surface area contributed by atoms with Crippen LogP contribution < -0.4 is 0 Å². The van der Waals surface area contributed by atoms with Gasteiger partial charge in [-0.05, 0) is 48.5 Å². The van der Waals surface area contributed by atoms with Crippen LogP contribution in [0.25, 0.3) is 97.9 Å². The first-order valence-electron chi connectivity index (χ1n) is 17.2. The lowest BCUT2D eigenvalue weighted by Crippen LogP contribution is -2.04. The van der Waals surface area contributed by atoms with Crippen molar-refractivity contribution in [3.05, 3.63) is 170 Å². The molecule has 4 nitrogen and oxygen atoms in total. The molecule has 51 heavy (non-hydrogen) atoms. The maximum Gasteiger partial charge on any atom is 0.235 e. The number of benzene rings is 7. The van der Waals surface area contributed by atoms with Gasteiger partial charge in [0, 0.05) is 58.5 Å². The Morgan fingerprint density at radius 1 is 0.392 bits per heavy atom.